The third kappa shape index (κ3) is 4.45. The Kier molecular flexibility index (Phi) is 5.69. The number of rotatable bonds is 6. The Bertz CT molecular complexity index is 1600. The van der Waals surface area contributed by atoms with Gasteiger partial charge in [-0.15, -0.1) is 5.10 Å². The van der Waals surface area contributed by atoms with Crippen LogP contribution in [0.2, 0.25) is 0 Å². The second-order valence-electron chi connectivity index (χ2n) is 8.32. The van der Waals surface area contributed by atoms with Crippen molar-refractivity contribution in [3.63, 3.8) is 0 Å². The van der Waals surface area contributed by atoms with Crippen molar-refractivity contribution >= 4 is 17.2 Å². The van der Waals surface area contributed by atoms with E-state index in [2.05, 4.69) is 34.4 Å². The van der Waals surface area contributed by atoms with E-state index >= 15 is 0 Å². The molecular formula is C25H21FN6O3. The van der Waals surface area contributed by atoms with Gasteiger partial charge in [0.2, 0.25) is 11.7 Å². The van der Waals surface area contributed by atoms with Gasteiger partial charge in [-0.2, -0.15) is 4.98 Å². The minimum atomic E-state index is -0.488. The average molecular weight is 472 g/mol. The molecule has 0 atom stereocenters. The van der Waals surface area contributed by atoms with E-state index in [1.165, 1.54) is 16.5 Å². The standard InChI is InChI=1S/C25H21FN6O3/c1-15(2)16-6-4-9-19(13-16)27-21(33)14-32-25(34)31-11-5-10-20(23(31)29-32)24-28-22(30-35-24)17-7-3-8-18(26)12-17/h3-13,15H,14H2,1-2H3,(H,27,33). The van der Waals surface area contributed by atoms with E-state index < -0.39 is 11.5 Å². The van der Waals surface area contributed by atoms with Gasteiger partial charge in [-0.05, 0) is 47.9 Å². The molecule has 9 nitrogen and oxygen atoms in total. The van der Waals surface area contributed by atoms with Crippen LogP contribution in [0.3, 0.4) is 0 Å². The Morgan fingerprint density at radius 3 is 2.74 bits per heavy atom. The van der Waals surface area contributed by atoms with Gasteiger partial charge in [0.1, 0.15) is 12.4 Å². The maximum Gasteiger partial charge on any atom is 0.350 e. The molecule has 0 aliphatic carbocycles. The highest BCUT2D eigenvalue weighted by molar-refractivity contribution is 5.90. The summed E-state index contributed by atoms with van der Waals surface area (Å²) in [5.74, 6) is -0.176. The first-order chi connectivity index (χ1) is 16.9. The van der Waals surface area contributed by atoms with Gasteiger partial charge in [0.25, 0.3) is 5.89 Å². The second kappa shape index (κ2) is 8.98. The number of carbonyl (C=O) groups excluding carboxylic acids is 1. The van der Waals surface area contributed by atoms with E-state index in [1.54, 1.807) is 36.5 Å². The minimum Gasteiger partial charge on any atom is -0.333 e. The number of carbonyl (C=O) groups is 1. The van der Waals surface area contributed by atoms with Gasteiger partial charge < -0.3 is 9.84 Å². The van der Waals surface area contributed by atoms with Crippen LogP contribution < -0.4 is 11.0 Å². The molecule has 3 heterocycles. The van der Waals surface area contributed by atoms with Gasteiger partial charge in [-0.3, -0.25) is 4.79 Å². The van der Waals surface area contributed by atoms with Crippen LogP contribution in [-0.4, -0.2) is 30.2 Å². The zero-order chi connectivity index (χ0) is 24.5. The van der Waals surface area contributed by atoms with Crippen LogP contribution in [0.1, 0.15) is 25.3 Å². The van der Waals surface area contributed by atoms with Crippen LogP contribution in [0.15, 0.2) is 76.2 Å². The average Bonchev–Trinajstić information content (AvgIpc) is 3.45. The lowest BCUT2D eigenvalue weighted by molar-refractivity contribution is -0.117. The molecule has 176 valence electrons. The molecule has 5 rings (SSSR count). The largest absolute Gasteiger partial charge is 0.350 e. The molecule has 3 aromatic heterocycles. The number of anilines is 1. The predicted octanol–water partition coefficient (Wildman–Crippen LogP) is 4.11. The number of halogens is 1. The lowest BCUT2D eigenvalue weighted by Crippen LogP contribution is -2.28. The monoisotopic (exact) mass is 472 g/mol. The number of pyridine rings is 1. The number of hydrogen-bond acceptors (Lipinski definition) is 6. The first-order valence-electron chi connectivity index (χ1n) is 11.0. The van der Waals surface area contributed by atoms with Gasteiger partial charge in [0.05, 0.1) is 5.56 Å². The van der Waals surface area contributed by atoms with Gasteiger partial charge in [0.15, 0.2) is 5.65 Å². The maximum atomic E-state index is 13.6. The molecule has 1 amide bonds. The highest BCUT2D eigenvalue weighted by Gasteiger charge is 2.19. The number of amides is 1. The maximum absolute atomic E-state index is 13.6. The van der Waals surface area contributed by atoms with Gasteiger partial charge in [0, 0.05) is 17.4 Å². The minimum absolute atomic E-state index is 0.113. The van der Waals surface area contributed by atoms with Crippen molar-refractivity contribution in [3.8, 4) is 22.8 Å². The van der Waals surface area contributed by atoms with E-state index in [0.29, 0.717) is 22.7 Å². The topological polar surface area (TPSA) is 107 Å². The summed E-state index contributed by atoms with van der Waals surface area (Å²) in [4.78, 5) is 29.9. The number of nitrogens with zero attached hydrogens (tertiary/aromatic N) is 5. The van der Waals surface area contributed by atoms with Crippen LogP contribution >= 0.6 is 0 Å². The Labute approximate surface area is 198 Å². The lowest BCUT2D eigenvalue weighted by Gasteiger charge is -2.09. The van der Waals surface area contributed by atoms with E-state index in [1.807, 2.05) is 18.2 Å². The summed E-state index contributed by atoms with van der Waals surface area (Å²) in [7, 11) is 0. The summed E-state index contributed by atoms with van der Waals surface area (Å²) in [6.45, 7) is 3.86. The molecule has 0 saturated carbocycles. The lowest BCUT2D eigenvalue weighted by atomic mass is 10.0. The van der Waals surface area contributed by atoms with E-state index in [-0.39, 0.29) is 29.8 Å². The fraction of sp³-hybridized carbons (Fsp3) is 0.160. The molecule has 10 heteroatoms. The summed E-state index contributed by atoms with van der Waals surface area (Å²) < 4.78 is 21.3. The number of fused-ring (bicyclic) bond motifs is 1. The van der Waals surface area contributed by atoms with Crippen LogP contribution in [-0.2, 0) is 11.3 Å². The molecule has 1 N–H and O–H groups in total. The smallest absolute Gasteiger partial charge is 0.333 e. The van der Waals surface area contributed by atoms with Crippen molar-refractivity contribution in [2.75, 3.05) is 5.32 Å². The van der Waals surface area contributed by atoms with Crippen molar-refractivity contribution in [2.45, 2.75) is 26.3 Å². The predicted molar refractivity (Wildman–Crippen MR) is 127 cm³/mol. The molecule has 5 aromatic rings. The molecule has 0 unspecified atom stereocenters. The van der Waals surface area contributed by atoms with Crippen LogP contribution in [0.4, 0.5) is 10.1 Å². The number of aromatic nitrogens is 5. The molecule has 0 aliphatic heterocycles. The quantitative estimate of drug-likeness (QED) is 0.399. The van der Waals surface area contributed by atoms with E-state index in [4.69, 9.17) is 4.52 Å². The highest BCUT2D eigenvalue weighted by atomic mass is 19.1. The zero-order valence-corrected chi connectivity index (χ0v) is 19.0. The second-order valence-corrected chi connectivity index (χ2v) is 8.32. The van der Waals surface area contributed by atoms with Crippen molar-refractivity contribution in [3.05, 3.63) is 88.7 Å². The summed E-state index contributed by atoms with van der Waals surface area (Å²) >= 11 is 0. The third-order valence-electron chi connectivity index (χ3n) is 5.48. The molecule has 2 aromatic carbocycles. The van der Waals surface area contributed by atoms with Crippen LogP contribution in [0.25, 0.3) is 28.5 Å². The van der Waals surface area contributed by atoms with E-state index in [9.17, 15) is 14.0 Å². The Morgan fingerprint density at radius 2 is 1.94 bits per heavy atom. The number of benzene rings is 2. The number of nitrogens with one attached hydrogen (secondary N) is 1. The fourth-order valence-electron chi connectivity index (χ4n) is 3.70. The Balaban J connectivity index is 1.43. The molecule has 0 saturated heterocycles. The van der Waals surface area contributed by atoms with Gasteiger partial charge >= 0.3 is 5.69 Å². The van der Waals surface area contributed by atoms with Gasteiger partial charge in [-0.1, -0.05) is 43.3 Å². The molecular weight excluding hydrogens is 451 g/mol. The van der Waals surface area contributed by atoms with Crippen molar-refractivity contribution in [1.82, 2.24) is 24.3 Å². The zero-order valence-electron chi connectivity index (χ0n) is 19.0. The molecule has 0 radical (unpaired) electrons. The Morgan fingerprint density at radius 1 is 1.11 bits per heavy atom. The summed E-state index contributed by atoms with van der Waals surface area (Å²) in [5, 5.41) is 11.1. The third-order valence-corrected chi connectivity index (χ3v) is 5.48. The van der Waals surface area contributed by atoms with Crippen molar-refractivity contribution in [2.24, 2.45) is 0 Å². The summed E-state index contributed by atoms with van der Waals surface area (Å²) in [6, 6.07) is 16.7. The van der Waals surface area contributed by atoms with Crippen molar-refractivity contribution in [1.29, 1.82) is 0 Å². The molecule has 0 spiro atoms. The van der Waals surface area contributed by atoms with Gasteiger partial charge in [-0.25, -0.2) is 18.3 Å². The summed E-state index contributed by atoms with van der Waals surface area (Å²) in [5.41, 5.74) is 2.36. The molecule has 0 bridgehead atoms. The normalized spacial score (nSPS) is 11.3. The first-order valence-corrected chi connectivity index (χ1v) is 11.0. The van der Waals surface area contributed by atoms with E-state index in [0.717, 1.165) is 10.2 Å². The first kappa shape index (κ1) is 22.2. The van der Waals surface area contributed by atoms with Crippen LogP contribution in [0, 0.1) is 5.82 Å². The molecule has 35 heavy (non-hydrogen) atoms. The Hall–Kier alpha value is -4.60. The summed E-state index contributed by atoms with van der Waals surface area (Å²) in [6.07, 6.45) is 1.54. The molecule has 0 aliphatic rings. The van der Waals surface area contributed by atoms with Crippen molar-refractivity contribution < 1.29 is 13.7 Å². The SMILES string of the molecule is CC(C)c1cccc(NC(=O)Cn2nc3c(-c4nc(-c5cccc(F)c5)no4)cccn3c2=O)c1. The van der Waals surface area contributed by atoms with Crippen LogP contribution in [0.5, 0.6) is 0 Å². The fourth-order valence-corrected chi connectivity index (χ4v) is 3.70. The molecule has 0 fully saturated rings. The number of hydrogen-bond donors (Lipinski definition) is 1. The highest BCUT2D eigenvalue weighted by Crippen LogP contribution is 2.25.